The number of hydrogen-bond acceptors (Lipinski definition) is 3. The molecule has 82 valence electrons. The van der Waals surface area contributed by atoms with Crippen LogP contribution in [0.25, 0.3) is 0 Å². The maximum Gasteiger partial charge on any atom is 0.0601 e. The molecule has 0 unspecified atom stereocenters. The SMILES string of the molecule is COC1CC(NC2CCN(C)CC2)C1. The Kier molecular flexibility index (Phi) is 3.42. The average molecular weight is 198 g/mol. The molecule has 3 heteroatoms. The quantitative estimate of drug-likeness (QED) is 0.727. The highest BCUT2D eigenvalue weighted by molar-refractivity contribution is 4.89. The van der Waals surface area contributed by atoms with E-state index in [0.29, 0.717) is 6.10 Å². The molecule has 1 aliphatic heterocycles. The molecule has 3 nitrogen and oxygen atoms in total. The third-order valence-corrected chi connectivity index (χ3v) is 3.62. The van der Waals surface area contributed by atoms with Crippen LogP contribution >= 0.6 is 0 Å². The first-order chi connectivity index (χ1) is 6.78. The van der Waals surface area contributed by atoms with Crippen molar-refractivity contribution >= 4 is 0 Å². The van der Waals surface area contributed by atoms with Gasteiger partial charge in [-0.1, -0.05) is 0 Å². The summed E-state index contributed by atoms with van der Waals surface area (Å²) < 4.78 is 5.27. The van der Waals surface area contributed by atoms with E-state index in [-0.39, 0.29) is 0 Å². The molecule has 0 aromatic rings. The van der Waals surface area contributed by atoms with Gasteiger partial charge in [0.1, 0.15) is 0 Å². The monoisotopic (exact) mass is 198 g/mol. The third-order valence-electron chi connectivity index (χ3n) is 3.62. The van der Waals surface area contributed by atoms with Gasteiger partial charge < -0.3 is 15.0 Å². The normalized spacial score (nSPS) is 35.6. The van der Waals surface area contributed by atoms with Crippen LogP contribution in [0.3, 0.4) is 0 Å². The van der Waals surface area contributed by atoms with Crippen molar-refractivity contribution in [2.75, 3.05) is 27.2 Å². The zero-order valence-electron chi connectivity index (χ0n) is 9.33. The van der Waals surface area contributed by atoms with E-state index < -0.39 is 0 Å². The largest absolute Gasteiger partial charge is 0.381 e. The maximum atomic E-state index is 5.27. The fourth-order valence-electron chi connectivity index (χ4n) is 2.40. The topological polar surface area (TPSA) is 24.5 Å². The van der Waals surface area contributed by atoms with Crippen LogP contribution in [0, 0.1) is 0 Å². The minimum absolute atomic E-state index is 0.527. The number of methoxy groups -OCH3 is 1. The molecule has 1 aliphatic carbocycles. The minimum atomic E-state index is 0.527. The molecular weight excluding hydrogens is 176 g/mol. The van der Waals surface area contributed by atoms with Gasteiger partial charge in [0.15, 0.2) is 0 Å². The number of rotatable bonds is 3. The molecule has 0 aromatic heterocycles. The molecule has 1 saturated heterocycles. The lowest BCUT2D eigenvalue weighted by molar-refractivity contribution is 0.0118. The van der Waals surface area contributed by atoms with Crippen LogP contribution in [0.1, 0.15) is 25.7 Å². The Morgan fingerprint density at radius 1 is 1.14 bits per heavy atom. The van der Waals surface area contributed by atoms with E-state index in [0.717, 1.165) is 12.1 Å². The fraction of sp³-hybridized carbons (Fsp3) is 1.00. The van der Waals surface area contributed by atoms with Crippen LogP contribution < -0.4 is 5.32 Å². The van der Waals surface area contributed by atoms with E-state index in [1.54, 1.807) is 0 Å². The summed E-state index contributed by atoms with van der Waals surface area (Å²) in [6.07, 6.45) is 5.57. The zero-order valence-corrected chi connectivity index (χ0v) is 9.33. The van der Waals surface area contributed by atoms with Crippen LogP contribution in [0.5, 0.6) is 0 Å². The van der Waals surface area contributed by atoms with E-state index in [2.05, 4.69) is 17.3 Å². The number of piperidine rings is 1. The Labute approximate surface area is 86.8 Å². The second-order valence-electron chi connectivity index (χ2n) is 4.77. The second kappa shape index (κ2) is 4.60. The summed E-state index contributed by atoms with van der Waals surface area (Å²) in [6.45, 7) is 2.50. The fourth-order valence-corrected chi connectivity index (χ4v) is 2.40. The van der Waals surface area contributed by atoms with Gasteiger partial charge in [0.05, 0.1) is 6.10 Å². The van der Waals surface area contributed by atoms with E-state index in [4.69, 9.17) is 4.74 Å². The molecule has 2 fully saturated rings. The van der Waals surface area contributed by atoms with E-state index >= 15 is 0 Å². The summed E-state index contributed by atoms with van der Waals surface area (Å²) in [7, 11) is 4.02. The molecule has 0 spiro atoms. The van der Waals surface area contributed by atoms with Gasteiger partial charge in [0, 0.05) is 19.2 Å². The first-order valence-corrected chi connectivity index (χ1v) is 5.75. The first-order valence-electron chi connectivity index (χ1n) is 5.75. The Balaban J connectivity index is 1.62. The van der Waals surface area contributed by atoms with E-state index in [1.165, 1.54) is 38.8 Å². The van der Waals surface area contributed by atoms with Crippen molar-refractivity contribution in [1.29, 1.82) is 0 Å². The highest BCUT2D eigenvalue weighted by Gasteiger charge is 2.31. The predicted molar refractivity (Wildman–Crippen MR) is 57.5 cm³/mol. The molecule has 0 bridgehead atoms. The van der Waals surface area contributed by atoms with Crippen molar-refractivity contribution in [3.8, 4) is 0 Å². The van der Waals surface area contributed by atoms with Gasteiger partial charge in [0.25, 0.3) is 0 Å². The summed E-state index contributed by atoms with van der Waals surface area (Å²) in [6, 6.07) is 1.49. The molecule has 0 aromatic carbocycles. The average Bonchev–Trinajstić information content (AvgIpc) is 2.13. The molecule has 14 heavy (non-hydrogen) atoms. The minimum Gasteiger partial charge on any atom is -0.381 e. The molecule has 0 amide bonds. The Hall–Kier alpha value is -0.120. The van der Waals surface area contributed by atoms with Crippen LogP contribution in [-0.2, 0) is 4.74 Å². The number of nitrogens with one attached hydrogen (secondary N) is 1. The van der Waals surface area contributed by atoms with Crippen LogP contribution in [0.2, 0.25) is 0 Å². The molecule has 0 atom stereocenters. The van der Waals surface area contributed by atoms with Crippen molar-refractivity contribution < 1.29 is 4.74 Å². The third kappa shape index (κ3) is 2.47. The number of nitrogens with zero attached hydrogens (tertiary/aromatic N) is 1. The summed E-state index contributed by atoms with van der Waals surface area (Å²) >= 11 is 0. The van der Waals surface area contributed by atoms with Crippen molar-refractivity contribution in [1.82, 2.24) is 10.2 Å². The summed E-state index contributed by atoms with van der Waals surface area (Å²) in [5.74, 6) is 0. The van der Waals surface area contributed by atoms with Gasteiger partial charge in [0.2, 0.25) is 0 Å². The van der Waals surface area contributed by atoms with Crippen LogP contribution in [-0.4, -0.2) is 50.3 Å². The number of ether oxygens (including phenoxy) is 1. The van der Waals surface area contributed by atoms with Crippen LogP contribution in [0.15, 0.2) is 0 Å². The summed E-state index contributed by atoms with van der Waals surface area (Å²) in [5.41, 5.74) is 0. The number of likely N-dealkylation sites (tertiary alicyclic amines) is 1. The van der Waals surface area contributed by atoms with Gasteiger partial charge in [-0.05, 0) is 45.8 Å². The Bertz CT molecular complexity index is 172. The van der Waals surface area contributed by atoms with Crippen molar-refractivity contribution in [3.63, 3.8) is 0 Å². The molecule has 1 N–H and O–H groups in total. The predicted octanol–water partition coefficient (Wildman–Crippen LogP) is 0.848. The van der Waals surface area contributed by atoms with Gasteiger partial charge >= 0.3 is 0 Å². The number of hydrogen-bond donors (Lipinski definition) is 1. The maximum absolute atomic E-state index is 5.27. The highest BCUT2D eigenvalue weighted by atomic mass is 16.5. The Morgan fingerprint density at radius 3 is 2.36 bits per heavy atom. The smallest absolute Gasteiger partial charge is 0.0601 e. The van der Waals surface area contributed by atoms with Crippen molar-refractivity contribution in [2.24, 2.45) is 0 Å². The molecular formula is C11H22N2O. The van der Waals surface area contributed by atoms with E-state index in [9.17, 15) is 0 Å². The zero-order chi connectivity index (χ0) is 9.97. The van der Waals surface area contributed by atoms with Gasteiger partial charge in [-0.3, -0.25) is 0 Å². The lowest BCUT2D eigenvalue weighted by Crippen LogP contribution is -2.51. The lowest BCUT2D eigenvalue weighted by Gasteiger charge is -2.39. The van der Waals surface area contributed by atoms with Crippen molar-refractivity contribution in [2.45, 2.75) is 43.9 Å². The standard InChI is InChI=1S/C11H22N2O/c1-13-5-3-9(4-6-13)12-10-7-11(8-10)14-2/h9-12H,3-8H2,1-2H3. The second-order valence-corrected chi connectivity index (χ2v) is 4.77. The van der Waals surface area contributed by atoms with Crippen LogP contribution in [0.4, 0.5) is 0 Å². The molecule has 2 rings (SSSR count). The molecule has 0 radical (unpaired) electrons. The summed E-state index contributed by atoms with van der Waals surface area (Å²) in [4.78, 5) is 2.41. The molecule has 2 aliphatic rings. The lowest BCUT2D eigenvalue weighted by atomic mass is 9.88. The summed E-state index contributed by atoms with van der Waals surface area (Å²) in [5, 5.41) is 3.73. The highest BCUT2D eigenvalue weighted by Crippen LogP contribution is 2.24. The van der Waals surface area contributed by atoms with Gasteiger partial charge in [-0.15, -0.1) is 0 Å². The van der Waals surface area contributed by atoms with Gasteiger partial charge in [-0.2, -0.15) is 0 Å². The Morgan fingerprint density at radius 2 is 1.79 bits per heavy atom. The first kappa shape index (κ1) is 10.4. The van der Waals surface area contributed by atoms with Gasteiger partial charge in [-0.25, -0.2) is 0 Å². The molecule has 1 heterocycles. The van der Waals surface area contributed by atoms with Crippen molar-refractivity contribution in [3.05, 3.63) is 0 Å². The molecule has 1 saturated carbocycles. The van der Waals surface area contributed by atoms with E-state index in [1.807, 2.05) is 7.11 Å².